The van der Waals surface area contributed by atoms with Crippen molar-refractivity contribution in [1.29, 1.82) is 0 Å². The molecule has 0 aromatic carbocycles. The molecule has 0 aliphatic carbocycles. The third-order valence-corrected chi connectivity index (χ3v) is 1.38. The maximum absolute atomic E-state index is 11.8. The van der Waals surface area contributed by atoms with Crippen molar-refractivity contribution in [3.63, 3.8) is 0 Å². The van der Waals surface area contributed by atoms with Gasteiger partial charge in [0.25, 0.3) is 6.43 Å². The Morgan fingerprint density at radius 1 is 1.30 bits per heavy atom. The van der Waals surface area contributed by atoms with Crippen LogP contribution < -0.4 is 10.6 Å². The minimum Gasteiger partial charge on any atom is -0.314 e. The lowest BCUT2D eigenvalue weighted by molar-refractivity contribution is 0.0911. The van der Waals surface area contributed by atoms with E-state index in [1.54, 1.807) is 0 Å². The number of nitrogens with one attached hydrogen (secondary N) is 2. The van der Waals surface area contributed by atoms with Gasteiger partial charge in [0.15, 0.2) is 0 Å². The molecule has 1 rings (SSSR count). The summed E-state index contributed by atoms with van der Waals surface area (Å²) in [7, 11) is 0. The molecule has 0 amide bonds. The van der Waals surface area contributed by atoms with Gasteiger partial charge in [-0.3, -0.25) is 0 Å². The molecule has 1 aliphatic heterocycles. The van der Waals surface area contributed by atoms with Gasteiger partial charge in [-0.05, 0) is 0 Å². The lowest BCUT2D eigenvalue weighted by atomic mass is 10.2. The summed E-state index contributed by atoms with van der Waals surface area (Å²) in [6.07, 6.45) is -2.24. The molecule has 0 aromatic heterocycles. The molecule has 1 fully saturated rings. The van der Waals surface area contributed by atoms with Crippen LogP contribution in [0.3, 0.4) is 0 Å². The summed E-state index contributed by atoms with van der Waals surface area (Å²) in [5, 5.41) is 5.58. The second-order valence-electron chi connectivity index (χ2n) is 2.10. The van der Waals surface area contributed by atoms with Crippen molar-refractivity contribution < 1.29 is 8.78 Å². The van der Waals surface area contributed by atoms with Gasteiger partial charge in [-0.15, -0.1) is 12.4 Å². The van der Waals surface area contributed by atoms with Crippen LogP contribution >= 0.6 is 12.4 Å². The van der Waals surface area contributed by atoms with Crippen LogP contribution in [0.2, 0.25) is 0 Å². The molecule has 2 N–H and O–H groups in total. The summed E-state index contributed by atoms with van der Waals surface area (Å²) in [5.41, 5.74) is 0. The average Bonchev–Trinajstić information content (AvgIpc) is 1.90. The normalized spacial score (nSPS) is 26.1. The van der Waals surface area contributed by atoms with E-state index in [2.05, 4.69) is 10.6 Å². The first-order chi connectivity index (χ1) is 4.30. The molecule has 1 saturated heterocycles. The van der Waals surface area contributed by atoms with E-state index < -0.39 is 12.5 Å². The molecule has 0 aromatic rings. The molecule has 0 radical (unpaired) electrons. The standard InChI is InChI=1S/C5H10F2N2.ClH/c6-5(7)4-3-8-1-2-9-4;/h4-5,8-9H,1-3H2;1H. The largest absolute Gasteiger partial charge is 0.314 e. The third kappa shape index (κ3) is 2.77. The zero-order valence-electron chi connectivity index (χ0n) is 5.44. The van der Waals surface area contributed by atoms with Crippen LogP contribution in [0.5, 0.6) is 0 Å². The summed E-state index contributed by atoms with van der Waals surface area (Å²) in [4.78, 5) is 0. The van der Waals surface area contributed by atoms with Crippen LogP contribution in [0.25, 0.3) is 0 Å². The van der Waals surface area contributed by atoms with Crippen LogP contribution in [0.4, 0.5) is 8.78 Å². The first-order valence-corrected chi connectivity index (χ1v) is 3.03. The maximum Gasteiger partial charge on any atom is 0.254 e. The molecule has 1 atom stereocenters. The van der Waals surface area contributed by atoms with Crippen molar-refractivity contribution in [2.75, 3.05) is 19.6 Å². The van der Waals surface area contributed by atoms with Crippen molar-refractivity contribution in [1.82, 2.24) is 10.6 Å². The molecule has 1 unspecified atom stereocenters. The van der Waals surface area contributed by atoms with Gasteiger partial charge < -0.3 is 10.6 Å². The Hall–Kier alpha value is 0.0700. The highest BCUT2D eigenvalue weighted by molar-refractivity contribution is 5.85. The third-order valence-electron chi connectivity index (χ3n) is 1.38. The van der Waals surface area contributed by atoms with Gasteiger partial charge >= 0.3 is 0 Å². The van der Waals surface area contributed by atoms with Gasteiger partial charge in [-0.1, -0.05) is 0 Å². The zero-order valence-corrected chi connectivity index (χ0v) is 6.26. The maximum atomic E-state index is 11.8. The van der Waals surface area contributed by atoms with Crippen molar-refractivity contribution in [2.24, 2.45) is 0 Å². The minimum absolute atomic E-state index is 0. The predicted molar refractivity (Wildman–Crippen MR) is 37.9 cm³/mol. The smallest absolute Gasteiger partial charge is 0.254 e. The van der Waals surface area contributed by atoms with Gasteiger partial charge in [-0.25, -0.2) is 8.78 Å². The average molecular weight is 173 g/mol. The van der Waals surface area contributed by atoms with Gasteiger partial charge in [0, 0.05) is 19.6 Å². The van der Waals surface area contributed by atoms with Gasteiger partial charge in [0.1, 0.15) is 0 Å². The van der Waals surface area contributed by atoms with E-state index in [0.717, 1.165) is 6.54 Å². The van der Waals surface area contributed by atoms with Gasteiger partial charge in [0.05, 0.1) is 6.04 Å². The summed E-state index contributed by atoms with van der Waals surface area (Å²) in [6.45, 7) is 1.83. The van der Waals surface area contributed by atoms with E-state index in [0.29, 0.717) is 13.1 Å². The molecule has 10 heavy (non-hydrogen) atoms. The molecule has 0 saturated carbocycles. The van der Waals surface area contributed by atoms with E-state index in [1.165, 1.54) is 0 Å². The Balaban J connectivity index is 0.000000810. The Labute approximate surface area is 64.8 Å². The number of halogens is 3. The van der Waals surface area contributed by atoms with Gasteiger partial charge in [0.2, 0.25) is 0 Å². The molecule has 62 valence electrons. The number of alkyl halides is 2. The summed E-state index contributed by atoms with van der Waals surface area (Å²) >= 11 is 0. The van der Waals surface area contributed by atoms with Crippen LogP contribution in [0.1, 0.15) is 0 Å². The fraction of sp³-hybridized carbons (Fsp3) is 1.00. The van der Waals surface area contributed by atoms with Crippen molar-refractivity contribution in [3.8, 4) is 0 Å². The fourth-order valence-electron chi connectivity index (χ4n) is 0.854. The Morgan fingerprint density at radius 2 is 2.00 bits per heavy atom. The summed E-state index contributed by atoms with van der Waals surface area (Å²) in [5.74, 6) is 0. The van der Waals surface area contributed by atoms with Crippen LogP contribution in [-0.2, 0) is 0 Å². The highest BCUT2D eigenvalue weighted by Gasteiger charge is 2.20. The predicted octanol–water partition coefficient (Wildman–Crippen LogP) is 0.235. The van der Waals surface area contributed by atoms with Gasteiger partial charge in [-0.2, -0.15) is 0 Å². The monoisotopic (exact) mass is 172 g/mol. The zero-order chi connectivity index (χ0) is 6.69. The molecule has 1 aliphatic rings. The highest BCUT2D eigenvalue weighted by Crippen LogP contribution is 2.00. The lowest BCUT2D eigenvalue weighted by Gasteiger charge is -2.23. The molecule has 5 heteroatoms. The molecular formula is C5H11ClF2N2. The van der Waals surface area contributed by atoms with Crippen molar-refractivity contribution in [2.45, 2.75) is 12.5 Å². The van der Waals surface area contributed by atoms with E-state index in [9.17, 15) is 8.78 Å². The summed E-state index contributed by atoms with van der Waals surface area (Å²) in [6, 6.07) is -0.640. The second-order valence-corrected chi connectivity index (χ2v) is 2.10. The fourth-order valence-corrected chi connectivity index (χ4v) is 0.854. The molecule has 0 bridgehead atoms. The van der Waals surface area contributed by atoms with Crippen LogP contribution in [0.15, 0.2) is 0 Å². The van der Waals surface area contributed by atoms with Crippen molar-refractivity contribution in [3.05, 3.63) is 0 Å². The molecular weight excluding hydrogens is 162 g/mol. The van der Waals surface area contributed by atoms with E-state index in [1.807, 2.05) is 0 Å². The van der Waals surface area contributed by atoms with E-state index in [-0.39, 0.29) is 12.4 Å². The Morgan fingerprint density at radius 3 is 2.30 bits per heavy atom. The first-order valence-electron chi connectivity index (χ1n) is 3.03. The molecule has 1 heterocycles. The Kier molecular flexibility index (Phi) is 4.85. The Bertz CT molecular complexity index is 85.7. The van der Waals surface area contributed by atoms with Crippen LogP contribution in [-0.4, -0.2) is 32.1 Å². The van der Waals surface area contributed by atoms with Crippen molar-refractivity contribution >= 4 is 12.4 Å². The topological polar surface area (TPSA) is 24.1 Å². The van der Waals surface area contributed by atoms with E-state index in [4.69, 9.17) is 0 Å². The first kappa shape index (κ1) is 10.1. The SMILES string of the molecule is Cl.FC(F)C1CNCCN1. The number of hydrogen-bond acceptors (Lipinski definition) is 2. The molecule has 2 nitrogen and oxygen atoms in total. The number of rotatable bonds is 1. The number of piperazine rings is 1. The quantitative estimate of drug-likeness (QED) is 0.592. The van der Waals surface area contributed by atoms with Crippen LogP contribution in [0, 0.1) is 0 Å². The summed E-state index contributed by atoms with van der Waals surface area (Å²) < 4.78 is 23.6. The highest BCUT2D eigenvalue weighted by atomic mass is 35.5. The molecule has 0 spiro atoms. The lowest BCUT2D eigenvalue weighted by Crippen LogP contribution is -2.51. The van der Waals surface area contributed by atoms with E-state index >= 15 is 0 Å². The number of hydrogen-bond donors (Lipinski definition) is 2. The minimum atomic E-state index is -2.24. The second kappa shape index (κ2) is 4.82.